The number of carbonyl (C=O) groups excluding carboxylic acids is 1. The Morgan fingerprint density at radius 2 is 2.09 bits per heavy atom. The van der Waals surface area contributed by atoms with Gasteiger partial charge in [-0.15, -0.1) is 11.3 Å². The van der Waals surface area contributed by atoms with Gasteiger partial charge in [-0.1, -0.05) is 0 Å². The van der Waals surface area contributed by atoms with Gasteiger partial charge >= 0.3 is 6.03 Å². The average molecular weight is 333 g/mol. The van der Waals surface area contributed by atoms with E-state index in [4.69, 9.17) is 0 Å². The van der Waals surface area contributed by atoms with E-state index in [-0.39, 0.29) is 6.03 Å². The van der Waals surface area contributed by atoms with Crippen molar-refractivity contribution in [2.45, 2.75) is 38.8 Å². The third kappa shape index (κ3) is 3.99. The van der Waals surface area contributed by atoms with Crippen molar-refractivity contribution in [1.29, 1.82) is 0 Å². The molecule has 0 aliphatic carbocycles. The molecule has 3 rings (SSSR count). The summed E-state index contributed by atoms with van der Waals surface area (Å²) in [6.45, 7) is 5.06. The van der Waals surface area contributed by atoms with Gasteiger partial charge in [0.1, 0.15) is 0 Å². The van der Waals surface area contributed by atoms with Crippen molar-refractivity contribution in [3.05, 3.63) is 23.7 Å². The number of fused-ring (bicyclic) bond motifs is 1. The maximum Gasteiger partial charge on any atom is 0.319 e. The summed E-state index contributed by atoms with van der Waals surface area (Å²) < 4.78 is 1.12. The molecule has 2 aromatic rings. The number of anilines is 1. The number of aromatic nitrogens is 1. The number of hydrogen-bond acceptors (Lipinski definition) is 5. The molecule has 1 aromatic carbocycles. The van der Waals surface area contributed by atoms with E-state index < -0.39 is 0 Å². The lowest BCUT2D eigenvalue weighted by molar-refractivity contribution is 0.251. The highest BCUT2D eigenvalue weighted by Gasteiger charge is 2.28. The zero-order valence-corrected chi connectivity index (χ0v) is 14.2. The van der Waals surface area contributed by atoms with Gasteiger partial charge in [-0.3, -0.25) is 10.9 Å². The van der Waals surface area contributed by atoms with Gasteiger partial charge in [-0.2, -0.15) is 0 Å². The van der Waals surface area contributed by atoms with Gasteiger partial charge in [0, 0.05) is 24.3 Å². The molecular weight excluding hydrogens is 310 g/mol. The molecule has 6 nitrogen and oxygen atoms in total. The van der Waals surface area contributed by atoms with Crippen molar-refractivity contribution in [2.75, 3.05) is 11.9 Å². The molecule has 0 saturated carbocycles. The molecule has 0 spiro atoms. The van der Waals surface area contributed by atoms with Crippen LogP contribution >= 0.6 is 11.3 Å². The number of nitrogens with one attached hydrogen (secondary N) is 4. The van der Waals surface area contributed by atoms with E-state index in [2.05, 4.69) is 40.3 Å². The molecule has 4 N–H and O–H groups in total. The van der Waals surface area contributed by atoms with Gasteiger partial charge < -0.3 is 10.6 Å². The zero-order chi connectivity index (χ0) is 16.2. The Kier molecular flexibility index (Phi) is 5.09. The monoisotopic (exact) mass is 333 g/mol. The van der Waals surface area contributed by atoms with Crippen molar-refractivity contribution < 1.29 is 4.79 Å². The first-order chi connectivity index (χ1) is 11.1. The average Bonchev–Trinajstić information content (AvgIpc) is 3.11. The molecule has 124 valence electrons. The number of amides is 2. The highest BCUT2D eigenvalue weighted by atomic mass is 32.1. The zero-order valence-electron chi connectivity index (χ0n) is 13.4. The minimum atomic E-state index is -0.164. The SMILES string of the molecule is CC1NNC(C)C1CCCNC(=O)Nc1ccc2scnc2c1. The fourth-order valence-electron chi connectivity index (χ4n) is 3.06. The summed E-state index contributed by atoms with van der Waals surface area (Å²) in [6.07, 6.45) is 2.06. The van der Waals surface area contributed by atoms with Crippen molar-refractivity contribution in [2.24, 2.45) is 5.92 Å². The van der Waals surface area contributed by atoms with Gasteiger partial charge in [0.25, 0.3) is 0 Å². The van der Waals surface area contributed by atoms with Crippen LogP contribution in [0.3, 0.4) is 0 Å². The molecule has 0 radical (unpaired) electrons. The molecule has 2 unspecified atom stereocenters. The van der Waals surface area contributed by atoms with Crippen LogP contribution in [0, 0.1) is 5.92 Å². The molecular formula is C16H23N5OS. The Morgan fingerprint density at radius 1 is 1.30 bits per heavy atom. The highest BCUT2D eigenvalue weighted by Crippen LogP contribution is 2.21. The second-order valence-electron chi connectivity index (χ2n) is 6.09. The Balaban J connectivity index is 1.41. The highest BCUT2D eigenvalue weighted by molar-refractivity contribution is 7.16. The summed E-state index contributed by atoms with van der Waals surface area (Å²) in [5.74, 6) is 0.604. The first kappa shape index (κ1) is 16.2. The van der Waals surface area contributed by atoms with Crippen LogP contribution in [-0.4, -0.2) is 29.6 Å². The molecule has 1 aliphatic heterocycles. The maximum absolute atomic E-state index is 11.9. The largest absolute Gasteiger partial charge is 0.338 e. The number of carbonyl (C=O) groups is 1. The van der Waals surface area contributed by atoms with Crippen LogP contribution in [0.1, 0.15) is 26.7 Å². The molecule has 1 aromatic heterocycles. The van der Waals surface area contributed by atoms with E-state index in [1.54, 1.807) is 11.3 Å². The summed E-state index contributed by atoms with van der Waals surface area (Å²) in [7, 11) is 0. The predicted octanol–water partition coefficient (Wildman–Crippen LogP) is 2.70. The van der Waals surface area contributed by atoms with Gasteiger partial charge in [0.15, 0.2) is 0 Å². The summed E-state index contributed by atoms with van der Waals surface area (Å²) in [6, 6.07) is 6.56. The standard InChI is InChI=1S/C16H23N5OS/c1-10-13(11(2)21-20-10)4-3-7-17-16(22)19-12-5-6-15-14(8-12)18-9-23-15/h5-6,8-11,13,20-21H,3-4,7H2,1-2H3,(H2,17,19,22). The molecule has 1 aliphatic rings. The predicted molar refractivity (Wildman–Crippen MR) is 94.6 cm³/mol. The molecule has 2 amide bonds. The van der Waals surface area contributed by atoms with Gasteiger partial charge in [0.05, 0.1) is 15.7 Å². The molecule has 23 heavy (non-hydrogen) atoms. The second-order valence-corrected chi connectivity index (χ2v) is 6.97. The van der Waals surface area contributed by atoms with E-state index in [1.807, 2.05) is 23.7 Å². The van der Waals surface area contributed by atoms with Crippen molar-refractivity contribution in [1.82, 2.24) is 21.2 Å². The number of hydrogen-bond donors (Lipinski definition) is 4. The number of thiazole rings is 1. The Labute approximate surface area is 140 Å². The third-order valence-corrected chi connectivity index (χ3v) is 5.22. The van der Waals surface area contributed by atoms with E-state index in [1.165, 1.54) is 0 Å². The number of rotatable bonds is 5. The van der Waals surface area contributed by atoms with Crippen molar-refractivity contribution >= 4 is 33.3 Å². The summed E-state index contributed by atoms with van der Waals surface area (Å²) in [5.41, 5.74) is 10.0. The lowest BCUT2D eigenvalue weighted by Crippen LogP contribution is -2.30. The number of hydrazine groups is 1. The van der Waals surface area contributed by atoms with Crippen LogP contribution in [0.25, 0.3) is 10.2 Å². The first-order valence-corrected chi connectivity index (χ1v) is 8.90. The lowest BCUT2D eigenvalue weighted by Gasteiger charge is -2.17. The minimum Gasteiger partial charge on any atom is -0.338 e. The number of benzene rings is 1. The fraction of sp³-hybridized carbons (Fsp3) is 0.500. The second kappa shape index (κ2) is 7.25. The fourth-order valence-corrected chi connectivity index (χ4v) is 3.72. The summed E-state index contributed by atoms with van der Waals surface area (Å²) in [5, 5.41) is 5.78. The van der Waals surface area contributed by atoms with Crippen LogP contribution in [-0.2, 0) is 0 Å². The summed E-state index contributed by atoms with van der Waals surface area (Å²) >= 11 is 1.59. The van der Waals surface area contributed by atoms with Crippen LogP contribution in [0.5, 0.6) is 0 Å². The normalized spacial score (nSPS) is 24.0. The molecule has 2 atom stereocenters. The quantitative estimate of drug-likeness (QED) is 0.635. The molecule has 0 bridgehead atoms. The Hall–Kier alpha value is -1.70. The van der Waals surface area contributed by atoms with E-state index >= 15 is 0 Å². The van der Waals surface area contributed by atoms with E-state index in [9.17, 15) is 4.79 Å². The molecule has 2 heterocycles. The number of urea groups is 1. The van der Waals surface area contributed by atoms with Crippen LogP contribution in [0.4, 0.5) is 10.5 Å². The van der Waals surface area contributed by atoms with Crippen molar-refractivity contribution in [3.63, 3.8) is 0 Å². The third-order valence-electron chi connectivity index (χ3n) is 4.41. The maximum atomic E-state index is 11.9. The van der Waals surface area contributed by atoms with E-state index in [0.29, 0.717) is 24.5 Å². The summed E-state index contributed by atoms with van der Waals surface area (Å²) in [4.78, 5) is 16.2. The van der Waals surface area contributed by atoms with Crippen LogP contribution in [0.15, 0.2) is 23.7 Å². The van der Waals surface area contributed by atoms with Gasteiger partial charge in [0.2, 0.25) is 0 Å². The molecule has 7 heteroatoms. The molecule has 1 fully saturated rings. The minimum absolute atomic E-state index is 0.164. The van der Waals surface area contributed by atoms with Crippen molar-refractivity contribution in [3.8, 4) is 0 Å². The van der Waals surface area contributed by atoms with Gasteiger partial charge in [-0.25, -0.2) is 9.78 Å². The van der Waals surface area contributed by atoms with Gasteiger partial charge in [-0.05, 0) is 50.8 Å². The Morgan fingerprint density at radius 3 is 2.87 bits per heavy atom. The van der Waals surface area contributed by atoms with Crippen LogP contribution < -0.4 is 21.5 Å². The topological polar surface area (TPSA) is 78.1 Å². The smallest absolute Gasteiger partial charge is 0.319 e. The lowest BCUT2D eigenvalue weighted by atomic mass is 9.92. The van der Waals surface area contributed by atoms with E-state index in [0.717, 1.165) is 28.7 Å². The number of nitrogens with zero attached hydrogens (tertiary/aromatic N) is 1. The van der Waals surface area contributed by atoms with Crippen LogP contribution in [0.2, 0.25) is 0 Å². The first-order valence-electron chi connectivity index (χ1n) is 8.02. The Bertz CT molecular complexity index is 663. The molecule has 1 saturated heterocycles.